The molecule has 4 aliphatic carbocycles. The number of nitrogens with one attached hydrogen (secondary N) is 1. The van der Waals surface area contributed by atoms with E-state index in [1.54, 1.807) is 0 Å². The average Bonchev–Trinajstić information content (AvgIpc) is 3.05. The maximum atomic E-state index is 10.9. The van der Waals surface area contributed by atoms with Gasteiger partial charge in [0.15, 0.2) is 0 Å². The second-order valence-corrected chi connectivity index (χ2v) is 14.7. The van der Waals surface area contributed by atoms with Crippen LogP contribution in [0.1, 0.15) is 127 Å². The summed E-state index contributed by atoms with van der Waals surface area (Å²) >= 11 is 0. The number of fused-ring (bicyclic) bond motifs is 4. The molecular formula is C32H57NO. The number of hydrogen-bond acceptors (Lipinski definition) is 2. The molecule has 2 nitrogen and oxygen atoms in total. The van der Waals surface area contributed by atoms with Crippen LogP contribution in [0, 0.1) is 45.3 Å². The highest BCUT2D eigenvalue weighted by molar-refractivity contribution is 5.38. The van der Waals surface area contributed by atoms with E-state index < -0.39 is 0 Å². The summed E-state index contributed by atoms with van der Waals surface area (Å²) in [7, 11) is 0. The second-order valence-electron chi connectivity index (χ2n) is 14.7. The molecule has 34 heavy (non-hydrogen) atoms. The maximum Gasteiger partial charge on any atom is 0.0594 e. The molecule has 196 valence electrons. The predicted molar refractivity (Wildman–Crippen MR) is 146 cm³/mol. The minimum Gasteiger partial charge on any atom is -0.393 e. The van der Waals surface area contributed by atoms with E-state index >= 15 is 0 Å². The van der Waals surface area contributed by atoms with Gasteiger partial charge >= 0.3 is 0 Å². The Labute approximate surface area is 212 Å². The zero-order valence-electron chi connectivity index (χ0n) is 24.2. The van der Waals surface area contributed by atoms with Gasteiger partial charge in [-0.15, -0.1) is 0 Å². The number of allylic oxidation sites excluding steroid dienone is 2. The Hall–Kier alpha value is -0.340. The Morgan fingerprint density at radius 1 is 0.882 bits per heavy atom. The van der Waals surface area contributed by atoms with E-state index in [1.807, 2.05) is 11.1 Å². The average molecular weight is 472 g/mol. The van der Waals surface area contributed by atoms with E-state index in [4.69, 9.17) is 0 Å². The van der Waals surface area contributed by atoms with Crippen molar-refractivity contribution < 1.29 is 5.11 Å². The lowest BCUT2D eigenvalue weighted by Crippen LogP contribution is -2.55. The molecule has 1 unspecified atom stereocenters. The quantitative estimate of drug-likeness (QED) is 0.367. The standard InChI is InChI=1S/C32H57NO/c1-10-33-26(21(2)3)13-11-22(4)23-15-19-32(9)25-12-14-27-29(5,6)28(34)17-18-30(27,7)24(25)16-20-31(23,32)8/h21-23,26-28,33-34H,10-20H2,1-9H3/t22-,23-,26?,27+,28+,30-,31-,32+/m1/s1. The van der Waals surface area contributed by atoms with Gasteiger partial charge in [-0.3, -0.25) is 0 Å². The summed E-state index contributed by atoms with van der Waals surface area (Å²) in [6, 6.07) is 0.661. The Bertz CT molecular complexity index is 782. The molecule has 0 spiro atoms. The molecule has 0 aromatic rings. The summed E-state index contributed by atoms with van der Waals surface area (Å²) in [6.07, 6.45) is 12.8. The molecule has 2 saturated carbocycles. The predicted octanol–water partition coefficient (Wildman–Crippen LogP) is 8.15. The molecule has 8 atom stereocenters. The Morgan fingerprint density at radius 2 is 1.59 bits per heavy atom. The minimum absolute atomic E-state index is 0.0411. The molecule has 2 fully saturated rings. The normalized spacial score (nSPS) is 43.3. The van der Waals surface area contributed by atoms with Crippen molar-refractivity contribution in [1.29, 1.82) is 0 Å². The third kappa shape index (κ3) is 3.87. The molecule has 0 bridgehead atoms. The second kappa shape index (κ2) is 9.20. The minimum atomic E-state index is -0.134. The molecule has 0 aromatic heterocycles. The fraction of sp³-hybridized carbons (Fsp3) is 0.938. The van der Waals surface area contributed by atoms with Crippen molar-refractivity contribution in [2.75, 3.05) is 6.54 Å². The lowest BCUT2D eigenvalue weighted by molar-refractivity contribution is -0.0962. The van der Waals surface area contributed by atoms with E-state index in [0.29, 0.717) is 34.1 Å². The van der Waals surface area contributed by atoms with E-state index in [2.05, 4.69) is 67.6 Å². The van der Waals surface area contributed by atoms with Crippen molar-refractivity contribution >= 4 is 0 Å². The first kappa shape index (κ1) is 26.7. The van der Waals surface area contributed by atoms with Crippen molar-refractivity contribution in [2.45, 2.75) is 139 Å². The van der Waals surface area contributed by atoms with Crippen LogP contribution in [-0.2, 0) is 0 Å². The first-order valence-corrected chi connectivity index (χ1v) is 15.0. The Kier molecular flexibility index (Phi) is 7.23. The van der Waals surface area contributed by atoms with Crippen molar-refractivity contribution in [2.24, 2.45) is 45.3 Å². The summed E-state index contributed by atoms with van der Waals surface area (Å²) < 4.78 is 0. The zero-order chi connectivity index (χ0) is 25.1. The van der Waals surface area contributed by atoms with E-state index in [1.165, 1.54) is 57.8 Å². The summed E-state index contributed by atoms with van der Waals surface area (Å²) in [5.41, 5.74) is 4.91. The third-order valence-corrected chi connectivity index (χ3v) is 12.7. The first-order valence-electron chi connectivity index (χ1n) is 15.0. The summed E-state index contributed by atoms with van der Waals surface area (Å²) in [6.45, 7) is 23.3. The lowest BCUT2D eigenvalue weighted by atomic mass is 9.43. The van der Waals surface area contributed by atoms with Gasteiger partial charge in [-0.05, 0) is 116 Å². The molecule has 4 rings (SSSR count). The van der Waals surface area contributed by atoms with E-state index in [-0.39, 0.29) is 11.5 Å². The molecule has 0 saturated heterocycles. The summed E-state index contributed by atoms with van der Waals surface area (Å²) in [5.74, 6) is 3.01. The zero-order valence-corrected chi connectivity index (χ0v) is 24.2. The topological polar surface area (TPSA) is 32.3 Å². The van der Waals surface area contributed by atoms with Crippen molar-refractivity contribution in [3.8, 4) is 0 Å². The third-order valence-electron chi connectivity index (χ3n) is 12.7. The van der Waals surface area contributed by atoms with Crippen LogP contribution >= 0.6 is 0 Å². The van der Waals surface area contributed by atoms with Crippen molar-refractivity contribution in [1.82, 2.24) is 5.32 Å². The van der Waals surface area contributed by atoms with Crippen LogP contribution in [0.4, 0.5) is 0 Å². The Balaban J connectivity index is 1.58. The first-order chi connectivity index (χ1) is 15.8. The van der Waals surface area contributed by atoms with E-state index in [0.717, 1.165) is 24.8 Å². The van der Waals surface area contributed by atoms with Crippen LogP contribution in [-0.4, -0.2) is 23.8 Å². The maximum absolute atomic E-state index is 10.9. The lowest BCUT2D eigenvalue weighted by Gasteiger charge is -2.62. The molecule has 0 amide bonds. The van der Waals surface area contributed by atoms with Crippen molar-refractivity contribution in [3.63, 3.8) is 0 Å². The van der Waals surface area contributed by atoms with Gasteiger partial charge < -0.3 is 10.4 Å². The van der Waals surface area contributed by atoms with Crippen molar-refractivity contribution in [3.05, 3.63) is 11.1 Å². The fourth-order valence-corrected chi connectivity index (χ4v) is 10.2. The summed E-state index contributed by atoms with van der Waals surface area (Å²) in [5, 5.41) is 14.6. The van der Waals surface area contributed by atoms with Crippen LogP contribution in [0.15, 0.2) is 11.1 Å². The highest BCUT2D eigenvalue weighted by Gasteiger charge is 2.63. The van der Waals surface area contributed by atoms with Crippen LogP contribution in [0.3, 0.4) is 0 Å². The monoisotopic (exact) mass is 471 g/mol. The van der Waals surface area contributed by atoms with Crippen LogP contribution < -0.4 is 5.32 Å². The van der Waals surface area contributed by atoms with Crippen LogP contribution in [0.25, 0.3) is 0 Å². The number of aliphatic hydroxyl groups excluding tert-OH is 1. The highest BCUT2D eigenvalue weighted by atomic mass is 16.3. The SMILES string of the molecule is CCNC(CC[C@@H](C)[C@H]1CC[C@@]2(C)C3=C(CC[C@]12C)[C@@]1(C)CC[C@H](O)C(C)(C)[C@@H]1CC3)C(C)C. The molecule has 2 heteroatoms. The molecule has 0 aromatic carbocycles. The molecule has 0 radical (unpaired) electrons. The molecule has 4 aliphatic rings. The smallest absolute Gasteiger partial charge is 0.0594 e. The van der Waals surface area contributed by atoms with Gasteiger partial charge in [0.05, 0.1) is 6.10 Å². The fourth-order valence-electron chi connectivity index (χ4n) is 10.2. The van der Waals surface area contributed by atoms with Gasteiger partial charge in [0.1, 0.15) is 0 Å². The van der Waals surface area contributed by atoms with Gasteiger partial charge in [0, 0.05) is 6.04 Å². The van der Waals surface area contributed by atoms with Gasteiger partial charge in [0.2, 0.25) is 0 Å². The van der Waals surface area contributed by atoms with Crippen LogP contribution in [0.2, 0.25) is 0 Å². The van der Waals surface area contributed by atoms with Gasteiger partial charge in [0.25, 0.3) is 0 Å². The van der Waals surface area contributed by atoms with E-state index in [9.17, 15) is 5.11 Å². The molecule has 0 aliphatic heterocycles. The molecular weight excluding hydrogens is 414 g/mol. The Morgan fingerprint density at radius 3 is 2.24 bits per heavy atom. The highest BCUT2D eigenvalue weighted by Crippen LogP contribution is 2.72. The molecule has 2 N–H and O–H groups in total. The molecule has 0 heterocycles. The largest absolute Gasteiger partial charge is 0.393 e. The summed E-state index contributed by atoms with van der Waals surface area (Å²) in [4.78, 5) is 0. The number of hydrogen-bond donors (Lipinski definition) is 2. The van der Waals surface area contributed by atoms with Crippen LogP contribution in [0.5, 0.6) is 0 Å². The van der Waals surface area contributed by atoms with Gasteiger partial charge in [-0.2, -0.15) is 0 Å². The number of aliphatic hydroxyl groups is 1. The van der Waals surface area contributed by atoms with Gasteiger partial charge in [-0.1, -0.05) is 73.5 Å². The number of rotatable bonds is 7. The van der Waals surface area contributed by atoms with Gasteiger partial charge in [-0.25, -0.2) is 0 Å².